The highest BCUT2D eigenvalue weighted by Crippen LogP contribution is 2.40. The molecule has 1 aromatic heterocycles. The minimum atomic E-state index is -0.303. The van der Waals surface area contributed by atoms with E-state index in [2.05, 4.69) is 15.7 Å². The maximum absolute atomic E-state index is 12.5. The van der Waals surface area contributed by atoms with Crippen molar-refractivity contribution < 1.29 is 19.1 Å². The number of nitrogens with zero attached hydrogens (tertiary/aromatic N) is 3. The van der Waals surface area contributed by atoms with Gasteiger partial charge in [-0.3, -0.25) is 9.48 Å². The molecule has 9 heteroatoms. The van der Waals surface area contributed by atoms with Gasteiger partial charge >= 0.3 is 6.03 Å². The highest BCUT2D eigenvalue weighted by molar-refractivity contribution is 5.89. The van der Waals surface area contributed by atoms with Gasteiger partial charge in [-0.05, 0) is 34.6 Å². The van der Waals surface area contributed by atoms with Gasteiger partial charge < -0.3 is 25.0 Å². The Labute approximate surface area is 165 Å². The van der Waals surface area contributed by atoms with Gasteiger partial charge in [-0.1, -0.05) is 0 Å². The van der Waals surface area contributed by atoms with E-state index < -0.39 is 0 Å². The number of anilines is 1. The van der Waals surface area contributed by atoms with Crippen LogP contribution < -0.4 is 10.6 Å². The summed E-state index contributed by atoms with van der Waals surface area (Å²) < 4.78 is 13.0. The first-order valence-corrected chi connectivity index (χ1v) is 9.85. The van der Waals surface area contributed by atoms with Crippen LogP contribution in [0.25, 0.3) is 0 Å². The minimum absolute atomic E-state index is 0.00294. The number of carbonyl (C=O) groups excluding carboxylic acids is 2. The van der Waals surface area contributed by atoms with Crippen LogP contribution in [-0.4, -0.2) is 69.7 Å². The Morgan fingerprint density at radius 3 is 2.68 bits per heavy atom. The first kappa shape index (κ1) is 20.6. The first-order chi connectivity index (χ1) is 13.1. The molecule has 0 radical (unpaired) electrons. The van der Waals surface area contributed by atoms with Crippen molar-refractivity contribution in [3.63, 3.8) is 0 Å². The Kier molecular flexibility index (Phi) is 5.95. The molecule has 1 aliphatic heterocycles. The van der Waals surface area contributed by atoms with Gasteiger partial charge in [0.25, 0.3) is 0 Å². The van der Waals surface area contributed by atoms with E-state index in [0.717, 1.165) is 6.42 Å². The summed E-state index contributed by atoms with van der Waals surface area (Å²) in [4.78, 5) is 26.5. The molecule has 2 unspecified atom stereocenters. The van der Waals surface area contributed by atoms with Crippen molar-refractivity contribution in [3.8, 4) is 0 Å². The van der Waals surface area contributed by atoms with Crippen LogP contribution in [0.5, 0.6) is 0 Å². The van der Waals surface area contributed by atoms with Gasteiger partial charge in [0.2, 0.25) is 5.91 Å². The van der Waals surface area contributed by atoms with Gasteiger partial charge in [-0.2, -0.15) is 5.10 Å². The van der Waals surface area contributed by atoms with Crippen LogP contribution in [0.4, 0.5) is 10.5 Å². The molecule has 2 fully saturated rings. The standard InChI is InChI=1S/C19H31N5O4/c1-12(2)28-19(5)6-16(19)22-18(26)21-15-7-20-24(10-15)11-17(25)23-8-13(3)27-14(4)9-23/h7,10,12-14,16H,6,8-9,11H2,1-5H3,(H2,21,22,26)/t13?,14?,16-,19+/m1/s1. The van der Waals surface area contributed by atoms with E-state index in [0.29, 0.717) is 18.8 Å². The lowest BCUT2D eigenvalue weighted by Gasteiger charge is -2.35. The highest BCUT2D eigenvalue weighted by Gasteiger charge is 2.53. The van der Waals surface area contributed by atoms with Crippen molar-refractivity contribution in [2.45, 2.75) is 77.5 Å². The summed E-state index contributed by atoms with van der Waals surface area (Å²) in [5.41, 5.74) is 0.246. The van der Waals surface area contributed by atoms with Crippen LogP contribution in [0.15, 0.2) is 12.4 Å². The molecule has 2 heterocycles. The van der Waals surface area contributed by atoms with E-state index in [1.54, 1.807) is 11.1 Å². The van der Waals surface area contributed by atoms with Gasteiger partial charge in [0.05, 0.1) is 41.8 Å². The zero-order valence-electron chi connectivity index (χ0n) is 17.3. The van der Waals surface area contributed by atoms with Crippen LogP contribution in [0.1, 0.15) is 41.0 Å². The summed E-state index contributed by atoms with van der Waals surface area (Å²) in [6, 6.07) is -0.306. The summed E-state index contributed by atoms with van der Waals surface area (Å²) in [6.07, 6.45) is 4.16. The third-order valence-corrected chi connectivity index (χ3v) is 4.96. The van der Waals surface area contributed by atoms with Crippen molar-refractivity contribution in [1.82, 2.24) is 20.0 Å². The smallest absolute Gasteiger partial charge is 0.319 e. The largest absolute Gasteiger partial charge is 0.372 e. The third-order valence-electron chi connectivity index (χ3n) is 4.96. The molecule has 28 heavy (non-hydrogen) atoms. The molecule has 1 aromatic rings. The molecule has 9 nitrogen and oxygen atoms in total. The molecule has 1 saturated carbocycles. The SMILES string of the molecule is CC(C)O[C@@]1(C)C[C@H]1NC(=O)Nc1cnn(CC(=O)N2CC(C)OC(C)C2)c1. The second kappa shape index (κ2) is 8.08. The fourth-order valence-corrected chi connectivity index (χ4v) is 3.68. The maximum atomic E-state index is 12.5. The lowest BCUT2D eigenvalue weighted by molar-refractivity contribution is -0.144. The summed E-state index contributed by atoms with van der Waals surface area (Å²) in [5, 5.41) is 9.84. The van der Waals surface area contributed by atoms with E-state index in [-0.39, 0.29) is 48.4 Å². The zero-order valence-corrected chi connectivity index (χ0v) is 17.3. The summed E-state index contributed by atoms with van der Waals surface area (Å²) in [6.45, 7) is 11.2. The number of amides is 3. The molecular formula is C19H31N5O4. The van der Waals surface area contributed by atoms with E-state index in [9.17, 15) is 9.59 Å². The molecule has 4 atom stereocenters. The van der Waals surface area contributed by atoms with E-state index in [4.69, 9.17) is 9.47 Å². The molecule has 3 rings (SSSR count). The lowest BCUT2D eigenvalue weighted by atomic mass is 10.2. The number of nitrogens with one attached hydrogen (secondary N) is 2. The normalized spacial score (nSPS) is 29.6. The number of hydrogen-bond acceptors (Lipinski definition) is 5. The predicted molar refractivity (Wildman–Crippen MR) is 104 cm³/mol. The van der Waals surface area contributed by atoms with E-state index in [1.807, 2.05) is 34.6 Å². The van der Waals surface area contributed by atoms with Crippen LogP contribution in [0.2, 0.25) is 0 Å². The number of ether oxygens (including phenoxy) is 2. The predicted octanol–water partition coefficient (Wildman–Crippen LogP) is 1.60. The van der Waals surface area contributed by atoms with E-state index >= 15 is 0 Å². The third kappa shape index (κ3) is 5.23. The quantitative estimate of drug-likeness (QED) is 0.765. The van der Waals surface area contributed by atoms with Gasteiger partial charge in [-0.25, -0.2) is 4.79 Å². The Hall–Kier alpha value is -2.13. The molecular weight excluding hydrogens is 362 g/mol. The second-order valence-electron chi connectivity index (χ2n) is 8.32. The first-order valence-electron chi connectivity index (χ1n) is 9.85. The average molecular weight is 393 g/mol. The Morgan fingerprint density at radius 1 is 1.36 bits per heavy atom. The van der Waals surface area contributed by atoms with Gasteiger partial charge in [0.1, 0.15) is 6.54 Å². The fraction of sp³-hybridized carbons (Fsp3) is 0.737. The molecule has 2 N–H and O–H groups in total. The number of rotatable bonds is 6. The van der Waals surface area contributed by atoms with Gasteiger partial charge in [0, 0.05) is 25.7 Å². The number of hydrogen-bond donors (Lipinski definition) is 2. The summed E-state index contributed by atoms with van der Waals surface area (Å²) in [7, 11) is 0. The summed E-state index contributed by atoms with van der Waals surface area (Å²) >= 11 is 0. The van der Waals surface area contributed by atoms with Crippen molar-refractivity contribution >= 4 is 17.6 Å². The van der Waals surface area contributed by atoms with Crippen molar-refractivity contribution in [1.29, 1.82) is 0 Å². The van der Waals surface area contributed by atoms with Crippen molar-refractivity contribution in [2.24, 2.45) is 0 Å². The Balaban J connectivity index is 1.46. The fourth-order valence-electron chi connectivity index (χ4n) is 3.68. The molecule has 0 spiro atoms. The molecule has 156 valence electrons. The van der Waals surface area contributed by atoms with Crippen LogP contribution in [0.3, 0.4) is 0 Å². The average Bonchev–Trinajstić information content (AvgIpc) is 2.97. The maximum Gasteiger partial charge on any atom is 0.319 e. The van der Waals surface area contributed by atoms with Gasteiger partial charge in [-0.15, -0.1) is 0 Å². The molecule has 1 saturated heterocycles. The van der Waals surface area contributed by atoms with Crippen molar-refractivity contribution in [2.75, 3.05) is 18.4 Å². The van der Waals surface area contributed by atoms with E-state index in [1.165, 1.54) is 10.9 Å². The molecule has 0 bridgehead atoms. The molecule has 2 aliphatic rings. The minimum Gasteiger partial charge on any atom is -0.372 e. The number of urea groups is 1. The van der Waals surface area contributed by atoms with Crippen LogP contribution >= 0.6 is 0 Å². The summed E-state index contributed by atoms with van der Waals surface area (Å²) in [5.74, 6) is -0.0133. The van der Waals surface area contributed by atoms with Crippen molar-refractivity contribution in [3.05, 3.63) is 12.4 Å². The second-order valence-corrected chi connectivity index (χ2v) is 8.32. The zero-order chi connectivity index (χ0) is 20.5. The lowest BCUT2D eigenvalue weighted by Crippen LogP contribution is -2.49. The highest BCUT2D eigenvalue weighted by atomic mass is 16.5. The molecule has 0 aromatic carbocycles. The van der Waals surface area contributed by atoms with Gasteiger partial charge in [0.15, 0.2) is 0 Å². The monoisotopic (exact) mass is 393 g/mol. The van der Waals surface area contributed by atoms with Crippen LogP contribution in [-0.2, 0) is 20.8 Å². The number of carbonyl (C=O) groups is 2. The molecule has 3 amide bonds. The Bertz CT molecular complexity index is 711. The Morgan fingerprint density at radius 2 is 2.04 bits per heavy atom. The number of aromatic nitrogens is 2. The van der Waals surface area contributed by atoms with Crippen LogP contribution in [0, 0.1) is 0 Å². The number of morpholine rings is 1. The topological polar surface area (TPSA) is 97.7 Å². The molecule has 1 aliphatic carbocycles.